The first-order valence-corrected chi connectivity index (χ1v) is 12.3. The fourth-order valence-electron chi connectivity index (χ4n) is 3.77. The van der Waals surface area contributed by atoms with E-state index in [0.717, 1.165) is 35.4 Å². The van der Waals surface area contributed by atoms with Gasteiger partial charge in [0.15, 0.2) is 11.5 Å². The van der Waals surface area contributed by atoms with E-state index in [4.69, 9.17) is 9.15 Å². The molecule has 168 valence electrons. The maximum absolute atomic E-state index is 12.7. The molecule has 1 aliphatic carbocycles. The molecule has 2 aliphatic rings. The van der Waals surface area contributed by atoms with Crippen LogP contribution in [0.15, 0.2) is 51.8 Å². The van der Waals surface area contributed by atoms with Gasteiger partial charge in [0.05, 0.1) is 18.1 Å². The second-order valence-corrected chi connectivity index (χ2v) is 10.2. The highest BCUT2D eigenvalue weighted by atomic mass is 32.2. The van der Waals surface area contributed by atoms with Gasteiger partial charge in [-0.2, -0.15) is 4.31 Å². The molecule has 1 saturated carbocycles. The third-order valence-electron chi connectivity index (χ3n) is 5.79. The van der Waals surface area contributed by atoms with E-state index in [0.29, 0.717) is 50.8 Å². The number of aryl methyl sites for hydroxylation is 1. The Labute approximate surface area is 186 Å². The monoisotopic (exact) mass is 455 g/mol. The number of carbonyl (C=O) groups excluding carboxylic acids is 1. The highest BCUT2D eigenvalue weighted by molar-refractivity contribution is 7.89. The molecule has 2 heterocycles. The van der Waals surface area contributed by atoms with Gasteiger partial charge >= 0.3 is 0 Å². The van der Waals surface area contributed by atoms with Gasteiger partial charge in [0, 0.05) is 31.1 Å². The van der Waals surface area contributed by atoms with Crippen LogP contribution in [0.1, 0.15) is 36.6 Å². The number of hydrogen-bond donors (Lipinski definition) is 1. The molecule has 0 radical (unpaired) electrons. The molecular formula is C23H25N3O5S. The zero-order chi connectivity index (χ0) is 22.1. The van der Waals surface area contributed by atoms with E-state index in [1.807, 2.05) is 18.2 Å². The molecule has 1 amide bonds. The normalized spacial score (nSPS) is 17.5. The lowest BCUT2D eigenvalue weighted by molar-refractivity contribution is -0.116. The standard InChI is InChI=1S/C23H25N3O5S/c27-22(24-18-6-9-21-20(15-18)25-23(31-21)17-4-5-17)10-3-16-1-7-19(8-2-16)32(28,29)26-11-13-30-14-12-26/h1-2,6-9,15,17H,3-5,10-14H2,(H,24,27). The topological polar surface area (TPSA) is 102 Å². The number of aromatic nitrogens is 1. The summed E-state index contributed by atoms with van der Waals surface area (Å²) in [5, 5.41) is 2.90. The molecule has 2 aromatic carbocycles. The predicted octanol–water partition coefficient (Wildman–Crippen LogP) is 3.30. The number of oxazole rings is 1. The van der Waals surface area contributed by atoms with Crippen LogP contribution in [0.3, 0.4) is 0 Å². The Hall–Kier alpha value is -2.75. The first-order chi connectivity index (χ1) is 15.5. The summed E-state index contributed by atoms with van der Waals surface area (Å²) in [5.74, 6) is 1.11. The highest BCUT2D eigenvalue weighted by Gasteiger charge is 2.29. The lowest BCUT2D eigenvalue weighted by Crippen LogP contribution is -2.40. The average Bonchev–Trinajstić information content (AvgIpc) is 3.58. The van der Waals surface area contributed by atoms with Gasteiger partial charge < -0.3 is 14.5 Å². The van der Waals surface area contributed by atoms with Crippen LogP contribution < -0.4 is 5.32 Å². The third kappa shape index (κ3) is 4.55. The van der Waals surface area contributed by atoms with E-state index in [1.165, 1.54) is 4.31 Å². The average molecular weight is 456 g/mol. The minimum Gasteiger partial charge on any atom is -0.440 e. The number of fused-ring (bicyclic) bond motifs is 1. The quantitative estimate of drug-likeness (QED) is 0.587. The van der Waals surface area contributed by atoms with Crippen LogP contribution >= 0.6 is 0 Å². The molecule has 1 aromatic heterocycles. The molecule has 1 aliphatic heterocycles. The Bertz CT molecular complexity index is 1230. The SMILES string of the molecule is O=C(CCc1ccc(S(=O)(=O)N2CCOCC2)cc1)Nc1ccc2oc(C3CC3)nc2c1. The lowest BCUT2D eigenvalue weighted by Gasteiger charge is -2.26. The molecule has 8 nitrogen and oxygen atoms in total. The fourth-order valence-corrected chi connectivity index (χ4v) is 5.18. The minimum atomic E-state index is -3.51. The Morgan fingerprint density at radius 3 is 2.56 bits per heavy atom. The third-order valence-corrected chi connectivity index (χ3v) is 7.70. The number of sulfonamides is 1. The predicted molar refractivity (Wildman–Crippen MR) is 119 cm³/mol. The number of anilines is 1. The number of hydrogen-bond acceptors (Lipinski definition) is 6. The van der Waals surface area contributed by atoms with Crippen LogP contribution in [0.2, 0.25) is 0 Å². The van der Waals surface area contributed by atoms with Crippen LogP contribution in [0.25, 0.3) is 11.1 Å². The van der Waals surface area contributed by atoms with E-state index in [-0.39, 0.29) is 10.8 Å². The van der Waals surface area contributed by atoms with Gasteiger partial charge in [0.25, 0.3) is 0 Å². The maximum Gasteiger partial charge on any atom is 0.243 e. The van der Waals surface area contributed by atoms with Gasteiger partial charge in [-0.15, -0.1) is 0 Å². The van der Waals surface area contributed by atoms with Gasteiger partial charge in [-0.1, -0.05) is 12.1 Å². The first kappa shape index (κ1) is 21.1. The Balaban J connectivity index is 1.17. The molecule has 3 aromatic rings. The van der Waals surface area contributed by atoms with Crippen molar-refractivity contribution in [1.82, 2.24) is 9.29 Å². The van der Waals surface area contributed by atoms with E-state index in [1.54, 1.807) is 24.3 Å². The Kier molecular flexibility index (Phi) is 5.71. The number of morpholine rings is 1. The van der Waals surface area contributed by atoms with E-state index in [2.05, 4.69) is 10.3 Å². The van der Waals surface area contributed by atoms with Crippen LogP contribution in [0.4, 0.5) is 5.69 Å². The summed E-state index contributed by atoms with van der Waals surface area (Å²) in [6.45, 7) is 1.56. The summed E-state index contributed by atoms with van der Waals surface area (Å²) >= 11 is 0. The second-order valence-electron chi connectivity index (χ2n) is 8.22. The summed E-state index contributed by atoms with van der Waals surface area (Å²) < 4.78 is 37.8. The zero-order valence-electron chi connectivity index (χ0n) is 17.6. The van der Waals surface area contributed by atoms with Gasteiger partial charge in [-0.25, -0.2) is 13.4 Å². The zero-order valence-corrected chi connectivity index (χ0v) is 18.4. The van der Waals surface area contributed by atoms with Crippen molar-refractivity contribution in [3.8, 4) is 0 Å². The first-order valence-electron chi connectivity index (χ1n) is 10.9. The van der Waals surface area contributed by atoms with Crippen molar-refractivity contribution in [3.63, 3.8) is 0 Å². The summed E-state index contributed by atoms with van der Waals surface area (Å²) in [7, 11) is -3.51. The molecule has 0 unspecified atom stereocenters. The molecule has 0 spiro atoms. The summed E-state index contributed by atoms with van der Waals surface area (Å²) in [5.41, 5.74) is 3.07. The maximum atomic E-state index is 12.7. The molecule has 5 rings (SSSR count). The molecule has 9 heteroatoms. The molecule has 0 bridgehead atoms. The van der Waals surface area contributed by atoms with Crippen LogP contribution in [-0.2, 0) is 26.0 Å². The number of rotatable bonds is 7. The largest absolute Gasteiger partial charge is 0.440 e. The van der Waals surface area contributed by atoms with Crippen LogP contribution in [0, 0.1) is 0 Å². The van der Waals surface area contributed by atoms with Crippen LogP contribution in [0.5, 0.6) is 0 Å². The molecule has 1 saturated heterocycles. The molecular weight excluding hydrogens is 430 g/mol. The number of nitrogens with zero attached hydrogens (tertiary/aromatic N) is 2. The number of nitrogens with one attached hydrogen (secondary N) is 1. The molecule has 1 N–H and O–H groups in total. The smallest absolute Gasteiger partial charge is 0.243 e. The number of ether oxygens (including phenoxy) is 1. The van der Waals surface area contributed by atoms with Crippen molar-refractivity contribution in [3.05, 3.63) is 53.9 Å². The fraction of sp³-hybridized carbons (Fsp3) is 0.391. The summed E-state index contributed by atoms with van der Waals surface area (Å²) in [4.78, 5) is 17.2. The molecule has 0 atom stereocenters. The summed E-state index contributed by atoms with van der Waals surface area (Å²) in [6, 6.07) is 12.2. The van der Waals surface area contributed by atoms with Crippen molar-refractivity contribution in [2.75, 3.05) is 31.6 Å². The van der Waals surface area contributed by atoms with Crippen molar-refractivity contribution in [2.45, 2.75) is 36.5 Å². The Morgan fingerprint density at radius 2 is 1.84 bits per heavy atom. The minimum absolute atomic E-state index is 0.111. The van der Waals surface area contributed by atoms with Gasteiger partial charge in [0.1, 0.15) is 5.52 Å². The van der Waals surface area contributed by atoms with Crippen molar-refractivity contribution in [2.24, 2.45) is 0 Å². The Morgan fingerprint density at radius 1 is 1.09 bits per heavy atom. The molecule has 2 fully saturated rings. The lowest BCUT2D eigenvalue weighted by atomic mass is 10.1. The van der Waals surface area contributed by atoms with Crippen molar-refractivity contribution >= 4 is 32.7 Å². The number of benzene rings is 2. The van der Waals surface area contributed by atoms with Crippen LogP contribution in [-0.4, -0.2) is 49.9 Å². The highest BCUT2D eigenvalue weighted by Crippen LogP contribution is 2.40. The van der Waals surface area contributed by atoms with Gasteiger partial charge in [-0.05, 0) is 55.2 Å². The van der Waals surface area contributed by atoms with E-state index < -0.39 is 10.0 Å². The number of carbonyl (C=O) groups is 1. The van der Waals surface area contributed by atoms with Crippen molar-refractivity contribution < 1.29 is 22.4 Å². The number of amides is 1. The van der Waals surface area contributed by atoms with E-state index >= 15 is 0 Å². The van der Waals surface area contributed by atoms with Gasteiger partial charge in [-0.3, -0.25) is 4.79 Å². The van der Waals surface area contributed by atoms with Crippen molar-refractivity contribution in [1.29, 1.82) is 0 Å². The second kappa shape index (κ2) is 8.65. The van der Waals surface area contributed by atoms with E-state index in [9.17, 15) is 13.2 Å². The van der Waals surface area contributed by atoms with Gasteiger partial charge in [0.2, 0.25) is 15.9 Å². The summed E-state index contributed by atoms with van der Waals surface area (Å²) in [6.07, 6.45) is 3.05. The molecule has 32 heavy (non-hydrogen) atoms.